The van der Waals surface area contributed by atoms with Gasteiger partial charge in [0.15, 0.2) is 0 Å². The Hall–Kier alpha value is -2.82. The molecule has 142 valence electrons. The first-order chi connectivity index (χ1) is 12.8. The lowest BCUT2D eigenvalue weighted by atomic mass is 9.84. The van der Waals surface area contributed by atoms with E-state index in [-0.39, 0.29) is 12.3 Å². The molecule has 0 saturated carbocycles. The van der Waals surface area contributed by atoms with E-state index in [1.54, 1.807) is 0 Å². The summed E-state index contributed by atoms with van der Waals surface area (Å²) in [4.78, 5) is 34.4. The zero-order chi connectivity index (χ0) is 20.1. The van der Waals surface area contributed by atoms with E-state index in [9.17, 15) is 14.5 Å². The van der Waals surface area contributed by atoms with Gasteiger partial charge in [0.05, 0.1) is 6.42 Å². The van der Waals surface area contributed by atoms with Crippen molar-refractivity contribution in [2.24, 2.45) is 5.18 Å². The molecular formula is C22H26N2O3. The van der Waals surface area contributed by atoms with E-state index in [0.717, 1.165) is 57.5 Å². The highest BCUT2D eigenvalue weighted by Gasteiger charge is 2.22. The second-order valence-electron chi connectivity index (χ2n) is 6.92. The topological polar surface area (TPSA) is 75.6 Å². The molecule has 0 aromatic heterocycles. The van der Waals surface area contributed by atoms with E-state index in [4.69, 9.17) is 0 Å². The molecule has 0 radical (unpaired) electrons. The standard InChI is InChI=1S/C22H26N2O3/c1-6-7-18-14(3)21(17-10-8-13(2)9-11-17)19(12-20(26)24-27)15(4)22(18)23-16(5)25/h8-11H,6-7,12H2,1-5H3,(H,23,25). The van der Waals surface area contributed by atoms with Gasteiger partial charge >= 0.3 is 0 Å². The zero-order valence-electron chi connectivity index (χ0n) is 16.6. The molecule has 0 spiro atoms. The Labute approximate surface area is 160 Å². The van der Waals surface area contributed by atoms with Gasteiger partial charge in [-0.25, -0.2) is 0 Å². The molecule has 5 nitrogen and oxygen atoms in total. The van der Waals surface area contributed by atoms with Crippen LogP contribution in [0.25, 0.3) is 11.1 Å². The maximum atomic E-state index is 11.9. The number of aryl methyl sites for hydroxylation is 1. The van der Waals surface area contributed by atoms with E-state index in [2.05, 4.69) is 17.4 Å². The first-order valence-corrected chi connectivity index (χ1v) is 9.15. The summed E-state index contributed by atoms with van der Waals surface area (Å²) in [5.74, 6) is -0.883. The first kappa shape index (κ1) is 20.5. The number of hydrogen-bond acceptors (Lipinski definition) is 3. The Kier molecular flexibility index (Phi) is 6.61. The highest BCUT2D eigenvalue weighted by molar-refractivity contribution is 5.94. The molecule has 0 fully saturated rings. The third kappa shape index (κ3) is 4.48. The SMILES string of the molecule is CCCc1c(C)c(-c2ccc(C)cc2)c(CC(=O)N=O)c(C)c1NC(C)=O. The van der Waals surface area contributed by atoms with Crippen LogP contribution in [0, 0.1) is 25.7 Å². The molecule has 2 rings (SSSR count). The van der Waals surface area contributed by atoms with Crippen LogP contribution in [0.15, 0.2) is 29.4 Å². The molecule has 5 heteroatoms. The summed E-state index contributed by atoms with van der Waals surface area (Å²) in [5, 5.41) is 5.50. The van der Waals surface area contributed by atoms with E-state index >= 15 is 0 Å². The minimum atomic E-state index is -0.720. The van der Waals surface area contributed by atoms with Crippen molar-refractivity contribution in [2.45, 2.75) is 53.9 Å². The molecule has 0 atom stereocenters. The van der Waals surface area contributed by atoms with Crippen LogP contribution in [0.1, 0.15) is 48.1 Å². The van der Waals surface area contributed by atoms with E-state index in [1.807, 2.05) is 45.0 Å². The van der Waals surface area contributed by atoms with Gasteiger partial charge in [-0.05, 0) is 60.6 Å². The third-order valence-electron chi connectivity index (χ3n) is 4.83. The Bertz CT molecular complexity index is 884. The minimum Gasteiger partial charge on any atom is -0.326 e. The van der Waals surface area contributed by atoms with Crippen LogP contribution >= 0.6 is 0 Å². The molecule has 0 aliphatic rings. The molecule has 0 saturated heterocycles. The Morgan fingerprint density at radius 1 is 1.00 bits per heavy atom. The number of rotatable bonds is 6. The number of carbonyl (C=O) groups excluding carboxylic acids is 2. The van der Waals surface area contributed by atoms with Crippen molar-refractivity contribution in [3.8, 4) is 11.1 Å². The average molecular weight is 366 g/mol. The fraction of sp³-hybridized carbons (Fsp3) is 0.364. The largest absolute Gasteiger partial charge is 0.326 e. The lowest BCUT2D eigenvalue weighted by Crippen LogP contribution is -2.15. The fourth-order valence-electron chi connectivity index (χ4n) is 3.55. The van der Waals surface area contributed by atoms with Crippen molar-refractivity contribution < 1.29 is 9.59 Å². The smallest absolute Gasteiger partial charge is 0.290 e. The summed E-state index contributed by atoms with van der Waals surface area (Å²) in [5.41, 5.74) is 7.45. The Morgan fingerprint density at radius 3 is 2.15 bits per heavy atom. The maximum absolute atomic E-state index is 11.9. The van der Waals surface area contributed by atoms with Crippen molar-refractivity contribution >= 4 is 17.5 Å². The van der Waals surface area contributed by atoms with Crippen molar-refractivity contribution in [1.82, 2.24) is 0 Å². The minimum absolute atomic E-state index is 0.0849. The van der Waals surface area contributed by atoms with Crippen LogP contribution in [0.2, 0.25) is 0 Å². The maximum Gasteiger partial charge on any atom is 0.290 e. The predicted molar refractivity (Wildman–Crippen MR) is 109 cm³/mol. The summed E-state index contributed by atoms with van der Waals surface area (Å²) in [6.45, 7) is 9.47. The molecule has 0 aliphatic heterocycles. The van der Waals surface area contributed by atoms with Crippen molar-refractivity contribution in [3.63, 3.8) is 0 Å². The number of carbonyl (C=O) groups is 2. The Balaban J connectivity index is 2.85. The summed E-state index contributed by atoms with van der Waals surface area (Å²) >= 11 is 0. The van der Waals surface area contributed by atoms with Crippen molar-refractivity contribution in [3.05, 3.63) is 57.0 Å². The summed E-state index contributed by atoms with van der Waals surface area (Å²) in [7, 11) is 0. The molecule has 0 aliphatic carbocycles. The van der Waals surface area contributed by atoms with Crippen LogP contribution in [-0.2, 0) is 22.4 Å². The van der Waals surface area contributed by atoms with Gasteiger partial charge in [-0.3, -0.25) is 9.59 Å². The highest BCUT2D eigenvalue weighted by atomic mass is 16.3. The van der Waals surface area contributed by atoms with Gasteiger partial charge in [-0.15, -0.1) is 4.91 Å². The van der Waals surface area contributed by atoms with E-state index in [0.29, 0.717) is 0 Å². The number of nitroso groups, excluding NO2 is 1. The summed E-state index contributed by atoms with van der Waals surface area (Å²) < 4.78 is 0. The van der Waals surface area contributed by atoms with Crippen LogP contribution < -0.4 is 5.32 Å². The lowest BCUT2D eigenvalue weighted by molar-refractivity contribution is -0.117. The monoisotopic (exact) mass is 366 g/mol. The molecule has 1 N–H and O–H groups in total. The number of anilines is 1. The Morgan fingerprint density at radius 2 is 1.63 bits per heavy atom. The van der Waals surface area contributed by atoms with Gasteiger partial charge in [0.25, 0.3) is 5.91 Å². The molecule has 27 heavy (non-hydrogen) atoms. The number of nitrogens with one attached hydrogen (secondary N) is 1. The van der Waals surface area contributed by atoms with Crippen molar-refractivity contribution in [1.29, 1.82) is 0 Å². The van der Waals surface area contributed by atoms with Gasteiger partial charge in [0, 0.05) is 17.8 Å². The molecule has 0 heterocycles. The van der Waals surface area contributed by atoms with Gasteiger partial charge in [0.2, 0.25) is 5.91 Å². The zero-order valence-corrected chi connectivity index (χ0v) is 16.6. The molecule has 2 aromatic carbocycles. The third-order valence-corrected chi connectivity index (χ3v) is 4.83. The van der Waals surface area contributed by atoms with Gasteiger partial charge in [-0.1, -0.05) is 43.2 Å². The molecular weight excluding hydrogens is 340 g/mol. The van der Waals surface area contributed by atoms with Crippen LogP contribution in [0.4, 0.5) is 5.69 Å². The first-order valence-electron chi connectivity index (χ1n) is 9.15. The van der Waals surface area contributed by atoms with Crippen LogP contribution in [-0.4, -0.2) is 11.8 Å². The van der Waals surface area contributed by atoms with Gasteiger partial charge in [-0.2, -0.15) is 0 Å². The highest BCUT2D eigenvalue weighted by Crippen LogP contribution is 2.39. The van der Waals surface area contributed by atoms with E-state index < -0.39 is 5.91 Å². The summed E-state index contributed by atoms with van der Waals surface area (Å²) in [6.07, 6.45) is 1.65. The van der Waals surface area contributed by atoms with Crippen molar-refractivity contribution in [2.75, 3.05) is 5.32 Å². The van der Waals surface area contributed by atoms with E-state index in [1.165, 1.54) is 6.92 Å². The molecule has 0 bridgehead atoms. The molecule has 2 amide bonds. The lowest BCUT2D eigenvalue weighted by Gasteiger charge is -2.24. The van der Waals surface area contributed by atoms with Crippen LogP contribution in [0.3, 0.4) is 0 Å². The quantitative estimate of drug-likeness (QED) is 0.729. The summed E-state index contributed by atoms with van der Waals surface area (Å²) in [6, 6.07) is 8.09. The fourth-order valence-corrected chi connectivity index (χ4v) is 3.55. The molecule has 0 unspecified atom stereocenters. The molecule has 2 aromatic rings. The predicted octanol–water partition coefficient (Wildman–Crippen LogP) is 5.03. The number of benzene rings is 2. The van der Waals surface area contributed by atoms with Gasteiger partial charge in [0.1, 0.15) is 0 Å². The van der Waals surface area contributed by atoms with Crippen LogP contribution in [0.5, 0.6) is 0 Å². The number of nitrogens with zero attached hydrogens (tertiary/aromatic N) is 1. The second kappa shape index (κ2) is 8.71. The average Bonchev–Trinajstić information content (AvgIpc) is 2.63. The second-order valence-corrected chi connectivity index (χ2v) is 6.92. The van der Waals surface area contributed by atoms with Gasteiger partial charge < -0.3 is 5.32 Å². The normalized spacial score (nSPS) is 10.6. The number of amides is 2. The number of hydrogen-bond donors (Lipinski definition) is 1.